The van der Waals surface area contributed by atoms with Crippen LogP contribution in [0.5, 0.6) is 5.75 Å². The number of nitrogens with zero attached hydrogens (tertiary/aromatic N) is 2. The number of benzene rings is 1. The number of rotatable bonds is 6. The van der Waals surface area contributed by atoms with Crippen LogP contribution in [-0.2, 0) is 11.3 Å². The van der Waals surface area contributed by atoms with Crippen LogP contribution in [0, 0.1) is 0 Å². The maximum absolute atomic E-state index is 11.8. The van der Waals surface area contributed by atoms with E-state index < -0.39 is 12.0 Å². The van der Waals surface area contributed by atoms with Crippen molar-refractivity contribution in [3.8, 4) is 5.75 Å². The summed E-state index contributed by atoms with van der Waals surface area (Å²) in [4.78, 5) is 11.8. The molecule has 0 bridgehead atoms. The number of aliphatic hydroxyl groups excluding tert-OH is 1. The van der Waals surface area contributed by atoms with Crippen LogP contribution < -0.4 is 10.1 Å². The molecule has 6 nitrogen and oxygen atoms in total. The monoisotopic (exact) mass is 309 g/mol. The zero-order valence-electron chi connectivity index (χ0n) is 11.5. The van der Waals surface area contributed by atoms with E-state index in [1.165, 1.54) is 6.20 Å². The minimum Gasteiger partial charge on any atom is -0.497 e. The van der Waals surface area contributed by atoms with Gasteiger partial charge in [0.05, 0.1) is 24.9 Å². The van der Waals surface area contributed by atoms with Gasteiger partial charge in [0, 0.05) is 12.7 Å². The molecule has 1 aromatic heterocycles. The van der Waals surface area contributed by atoms with Gasteiger partial charge < -0.3 is 15.2 Å². The molecule has 112 valence electrons. The van der Waals surface area contributed by atoms with E-state index in [-0.39, 0.29) is 0 Å². The molecule has 1 aromatic carbocycles. The average molecular weight is 310 g/mol. The minimum atomic E-state index is -1.21. The lowest BCUT2D eigenvalue weighted by atomic mass is 10.1. The lowest BCUT2D eigenvalue weighted by Crippen LogP contribution is -2.32. The highest BCUT2D eigenvalue weighted by Crippen LogP contribution is 2.17. The third-order valence-electron chi connectivity index (χ3n) is 2.92. The summed E-state index contributed by atoms with van der Waals surface area (Å²) in [7, 11) is 1.56. The van der Waals surface area contributed by atoms with Gasteiger partial charge in [0.2, 0.25) is 0 Å². The maximum atomic E-state index is 11.8. The zero-order chi connectivity index (χ0) is 15.2. The normalized spacial score (nSPS) is 12.0. The summed E-state index contributed by atoms with van der Waals surface area (Å²) in [5.41, 5.74) is 0.510. The maximum Gasteiger partial charge on any atom is 0.253 e. The summed E-state index contributed by atoms with van der Waals surface area (Å²) in [6.07, 6.45) is 1.97. The number of nitrogens with one attached hydrogen (secondary N) is 1. The third kappa shape index (κ3) is 4.21. The summed E-state index contributed by atoms with van der Waals surface area (Å²) in [5, 5.41) is 17.1. The van der Waals surface area contributed by atoms with Gasteiger partial charge in [0.15, 0.2) is 6.10 Å². The highest BCUT2D eigenvalue weighted by atomic mass is 35.5. The SMILES string of the molecule is COc1ccc(C(O)C(=O)NCCn2cc(Cl)cn2)cc1. The second kappa shape index (κ2) is 7.10. The molecule has 7 heteroatoms. The van der Waals surface area contributed by atoms with Gasteiger partial charge >= 0.3 is 0 Å². The first-order chi connectivity index (χ1) is 10.1. The molecule has 0 spiro atoms. The summed E-state index contributed by atoms with van der Waals surface area (Å²) < 4.78 is 6.64. The van der Waals surface area contributed by atoms with E-state index in [4.69, 9.17) is 16.3 Å². The van der Waals surface area contributed by atoms with Crippen molar-refractivity contribution in [3.63, 3.8) is 0 Å². The number of methoxy groups -OCH3 is 1. The number of hydrogen-bond donors (Lipinski definition) is 2. The van der Waals surface area contributed by atoms with E-state index in [2.05, 4.69) is 10.4 Å². The quantitative estimate of drug-likeness (QED) is 0.845. The van der Waals surface area contributed by atoms with Gasteiger partial charge in [-0.2, -0.15) is 5.10 Å². The molecule has 1 heterocycles. The largest absolute Gasteiger partial charge is 0.497 e. The van der Waals surface area contributed by atoms with Gasteiger partial charge in [-0.15, -0.1) is 0 Å². The van der Waals surface area contributed by atoms with Crippen LogP contribution in [0.15, 0.2) is 36.7 Å². The Bertz CT molecular complexity index is 598. The van der Waals surface area contributed by atoms with Crippen LogP contribution in [0.25, 0.3) is 0 Å². The Labute approximate surface area is 127 Å². The van der Waals surface area contributed by atoms with Crippen LogP contribution in [0.3, 0.4) is 0 Å². The van der Waals surface area contributed by atoms with Crippen molar-refractivity contribution in [1.29, 1.82) is 0 Å². The fraction of sp³-hybridized carbons (Fsp3) is 0.286. The van der Waals surface area contributed by atoms with Crippen LogP contribution >= 0.6 is 11.6 Å². The fourth-order valence-electron chi connectivity index (χ4n) is 1.79. The number of carbonyl (C=O) groups excluding carboxylic acids is 1. The Morgan fingerprint density at radius 3 is 2.76 bits per heavy atom. The summed E-state index contributed by atoms with van der Waals surface area (Å²) in [6.45, 7) is 0.831. The predicted molar refractivity (Wildman–Crippen MR) is 78.2 cm³/mol. The number of hydrogen-bond acceptors (Lipinski definition) is 4. The molecule has 2 aromatic rings. The molecule has 0 aliphatic carbocycles. The molecule has 1 unspecified atom stereocenters. The van der Waals surface area contributed by atoms with Gasteiger partial charge in [0.25, 0.3) is 5.91 Å². The van der Waals surface area contributed by atoms with Gasteiger partial charge in [-0.25, -0.2) is 0 Å². The van der Waals surface area contributed by atoms with Gasteiger partial charge in [0.1, 0.15) is 5.75 Å². The smallest absolute Gasteiger partial charge is 0.253 e. The molecule has 0 saturated heterocycles. The Kier molecular flexibility index (Phi) is 5.19. The summed E-state index contributed by atoms with van der Waals surface area (Å²) in [5.74, 6) is 0.209. The van der Waals surface area contributed by atoms with E-state index >= 15 is 0 Å². The Balaban J connectivity index is 1.84. The van der Waals surface area contributed by atoms with Crippen LogP contribution in [0.2, 0.25) is 5.02 Å². The van der Waals surface area contributed by atoms with Crippen molar-refractivity contribution in [2.75, 3.05) is 13.7 Å². The van der Waals surface area contributed by atoms with Crippen molar-refractivity contribution >= 4 is 17.5 Å². The molecule has 0 fully saturated rings. The highest BCUT2D eigenvalue weighted by molar-refractivity contribution is 6.30. The number of amides is 1. The lowest BCUT2D eigenvalue weighted by Gasteiger charge is -2.12. The second-order valence-corrected chi connectivity index (χ2v) is 4.82. The molecule has 0 radical (unpaired) electrons. The van der Waals surface area contributed by atoms with E-state index in [9.17, 15) is 9.90 Å². The summed E-state index contributed by atoms with van der Waals surface area (Å²) >= 11 is 5.74. The van der Waals surface area contributed by atoms with Crippen LogP contribution in [-0.4, -0.2) is 34.4 Å². The third-order valence-corrected chi connectivity index (χ3v) is 3.12. The molecule has 21 heavy (non-hydrogen) atoms. The van der Waals surface area contributed by atoms with Gasteiger partial charge in [-0.05, 0) is 17.7 Å². The van der Waals surface area contributed by atoms with E-state index in [1.54, 1.807) is 42.3 Å². The molecule has 1 atom stereocenters. The number of halogens is 1. The molecule has 1 amide bonds. The fourth-order valence-corrected chi connectivity index (χ4v) is 1.94. The Morgan fingerprint density at radius 1 is 1.48 bits per heavy atom. The van der Waals surface area contributed by atoms with Crippen LogP contribution in [0.1, 0.15) is 11.7 Å². The second-order valence-electron chi connectivity index (χ2n) is 4.39. The summed E-state index contributed by atoms with van der Waals surface area (Å²) in [6, 6.07) is 6.68. The molecular weight excluding hydrogens is 294 g/mol. The van der Waals surface area contributed by atoms with Crippen molar-refractivity contribution < 1.29 is 14.6 Å². The van der Waals surface area contributed by atoms with Crippen LogP contribution in [0.4, 0.5) is 0 Å². The standard InChI is InChI=1S/C14H16ClN3O3/c1-21-12-4-2-10(3-5-12)13(19)14(20)16-6-7-18-9-11(15)8-17-18/h2-5,8-9,13,19H,6-7H2,1H3,(H,16,20). The van der Waals surface area contributed by atoms with Gasteiger partial charge in [-0.3, -0.25) is 9.48 Å². The first kappa shape index (κ1) is 15.3. The number of carbonyl (C=O) groups is 1. The zero-order valence-corrected chi connectivity index (χ0v) is 12.2. The van der Waals surface area contributed by atoms with Crippen molar-refractivity contribution in [2.45, 2.75) is 12.6 Å². The number of aromatic nitrogens is 2. The van der Waals surface area contributed by atoms with Crippen molar-refractivity contribution in [2.24, 2.45) is 0 Å². The molecule has 0 saturated carbocycles. The topological polar surface area (TPSA) is 76.4 Å². The molecule has 0 aliphatic rings. The van der Waals surface area contributed by atoms with Crippen molar-refractivity contribution in [3.05, 3.63) is 47.2 Å². The average Bonchev–Trinajstić information content (AvgIpc) is 2.92. The molecule has 2 rings (SSSR count). The van der Waals surface area contributed by atoms with Crippen molar-refractivity contribution in [1.82, 2.24) is 15.1 Å². The number of aliphatic hydroxyl groups is 1. The van der Waals surface area contributed by atoms with E-state index in [0.717, 1.165) is 0 Å². The molecule has 0 aliphatic heterocycles. The lowest BCUT2D eigenvalue weighted by molar-refractivity contribution is -0.129. The van der Waals surface area contributed by atoms with E-state index in [1.807, 2.05) is 0 Å². The number of ether oxygens (including phenoxy) is 1. The molecular formula is C14H16ClN3O3. The minimum absolute atomic E-state index is 0.351. The Morgan fingerprint density at radius 2 is 2.19 bits per heavy atom. The van der Waals surface area contributed by atoms with E-state index in [0.29, 0.717) is 29.4 Å². The highest BCUT2D eigenvalue weighted by Gasteiger charge is 2.16. The Hall–Kier alpha value is -2.05. The predicted octanol–water partition coefficient (Wildman–Crippen LogP) is 1.39. The molecule has 2 N–H and O–H groups in total. The van der Waals surface area contributed by atoms with Gasteiger partial charge in [-0.1, -0.05) is 23.7 Å². The first-order valence-electron chi connectivity index (χ1n) is 6.38. The first-order valence-corrected chi connectivity index (χ1v) is 6.75.